The Hall–Kier alpha value is -1.91. The summed E-state index contributed by atoms with van der Waals surface area (Å²) in [6.45, 7) is 9.24. The van der Waals surface area contributed by atoms with Crippen LogP contribution in [-0.2, 0) is 12.1 Å². The second-order valence-electron chi connectivity index (χ2n) is 8.44. The number of hydrogen-bond acceptors (Lipinski definition) is 4. The van der Waals surface area contributed by atoms with Crippen molar-refractivity contribution in [2.45, 2.75) is 45.8 Å². The Morgan fingerprint density at radius 2 is 2.00 bits per heavy atom. The quantitative estimate of drug-likeness (QED) is 0.895. The Bertz CT molecular complexity index is 850. The lowest BCUT2D eigenvalue weighted by molar-refractivity contribution is -0.0114. The highest BCUT2D eigenvalue weighted by Crippen LogP contribution is 2.50. The third-order valence-electron chi connectivity index (χ3n) is 6.69. The van der Waals surface area contributed by atoms with E-state index in [9.17, 15) is 5.11 Å². The number of benzene rings is 1. The van der Waals surface area contributed by atoms with E-state index in [0.717, 1.165) is 49.5 Å². The Morgan fingerprint density at radius 1 is 1.19 bits per heavy atom. The lowest BCUT2D eigenvalue weighted by Gasteiger charge is -2.31. The molecule has 1 aliphatic carbocycles. The topological polar surface area (TPSA) is 45.6 Å². The highest BCUT2D eigenvalue weighted by molar-refractivity contribution is 5.41. The van der Waals surface area contributed by atoms with Crippen molar-refractivity contribution in [1.82, 2.24) is 9.88 Å². The Balaban J connectivity index is 1.54. The summed E-state index contributed by atoms with van der Waals surface area (Å²) in [6, 6.07) is 8.39. The predicted octanol–water partition coefficient (Wildman–Crippen LogP) is 3.75. The molecule has 4 nitrogen and oxygen atoms in total. The van der Waals surface area contributed by atoms with Gasteiger partial charge in [0.2, 0.25) is 0 Å². The molecule has 0 radical (unpaired) electrons. The normalized spacial score (nSPS) is 27.7. The van der Waals surface area contributed by atoms with E-state index in [2.05, 4.69) is 48.9 Å². The largest absolute Gasteiger partial charge is 0.496 e. The van der Waals surface area contributed by atoms with Crippen LogP contribution < -0.4 is 4.74 Å². The molecule has 0 amide bonds. The fourth-order valence-corrected chi connectivity index (χ4v) is 5.23. The number of likely N-dealkylation sites (tertiary alicyclic amines) is 1. The predicted molar refractivity (Wildman–Crippen MR) is 107 cm³/mol. The van der Waals surface area contributed by atoms with Crippen LogP contribution in [0.5, 0.6) is 5.75 Å². The van der Waals surface area contributed by atoms with Crippen LogP contribution in [0.15, 0.2) is 30.5 Å². The number of aryl methyl sites for hydroxylation is 3. The van der Waals surface area contributed by atoms with Crippen molar-refractivity contribution < 1.29 is 9.84 Å². The maximum absolute atomic E-state index is 11.6. The maximum atomic E-state index is 11.6. The Labute approximate surface area is 162 Å². The highest BCUT2D eigenvalue weighted by Gasteiger charge is 2.53. The van der Waals surface area contributed by atoms with Gasteiger partial charge in [-0.3, -0.25) is 9.88 Å². The molecule has 1 aromatic carbocycles. The number of fused-ring (bicyclic) bond motifs is 1. The molecule has 1 aromatic heterocycles. The summed E-state index contributed by atoms with van der Waals surface area (Å²) >= 11 is 0. The van der Waals surface area contributed by atoms with E-state index in [-0.39, 0.29) is 5.92 Å². The summed E-state index contributed by atoms with van der Waals surface area (Å²) in [5, 5.41) is 11.6. The minimum atomic E-state index is -0.782. The van der Waals surface area contributed by atoms with Crippen LogP contribution >= 0.6 is 0 Å². The molecule has 1 N–H and O–H groups in total. The first-order valence-corrected chi connectivity index (χ1v) is 9.93. The molecule has 2 fully saturated rings. The van der Waals surface area contributed by atoms with Crippen molar-refractivity contribution in [3.63, 3.8) is 0 Å². The molecule has 2 aliphatic rings. The second kappa shape index (κ2) is 6.92. The maximum Gasteiger partial charge on any atom is 0.122 e. The van der Waals surface area contributed by atoms with Gasteiger partial charge in [0.05, 0.1) is 12.8 Å². The standard InChI is InChI=1S/C23H30N2O2/c1-15-6-5-9-24-22(15)23(26)8-7-18-12-25(14-20(18)23)13-19-10-17(3)21(27-4)11-16(19)2/h5-6,9-11,18,20,26H,7-8,12-14H2,1-4H3/t18-,20+,23-/m0/s1. The highest BCUT2D eigenvalue weighted by atomic mass is 16.5. The number of aliphatic hydroxyl groups is 1. The van der Waals surface area contributed by atoms with Crippen molar-refractivity contribution in [1.29, 1.82) is 0 Å². The molecule has 4 heteroatoms. The van der Waals surface area contributed by atoms with Gasteiger partial charge in [-0.2, -0.15) is 0 Å². The van der Waals surface area contributed by atoms with Crippen LogP contribution in [-0.4, -0.2) is 35.2 Å². The molecule has 1 saturated carbocycles. The second-order valence-corrected chi connectivity index (χ2v) is 8.44. The zero-order chi connectivity index (χ0) is 19.2. The molecule has 2 aromatic rings. The average Bonchev–Trinajstić information content (AvgIpc) is 3.19. The molecule has 3 atom stereocenters. The lowest BCUT2D eigenvalue weighted by Crippen LogP contribution is -2.36. The molecular formula is C23H30N2O2. The number of aromatic nitrogens is 1. The summed E-state index contributed by atoms with van der Waals surface area (Å²) in [5.41, 5.74) is 5.00. The van der Waals surface area contributed by atoms with Crippen LogP contribution in [0.4, 0.5) is 0 Å². The summed E-state index contributed by atoms with van der Waals surface area (Å²) in [6.07, 6.45) is 3.72. The first-order valence-electron chi connectivity index (χ1n) is 9.93. The Morgan fingerprint density at radius 3 is 2.74 bits per heavy atom. The van der Waals surface area contributed by atoms with Gasteiger partial charge in [-0.15, -0.1) is 0 Å². The molecule has 1 saturated heterocycles. The van der Waals surface area contributed by atoms with Gasteiger partial charge in [0, 0.05) is 31.7 Å². The van der Waals surface area contributed by atoms with Gasteiger partial charge in [-0.1, -0.05) is 12.1 Å². The van der Waals surface area contributed by atoms with Crippen molar-refractivity contribution >= 4 is 0 Å². The lowest BCUT2D eigenvalue weighted by atomic mass is 9.83. The van der Waals surface area contributed by atoms with E-state index >= 15 is 0 Å². The number of hydrogen-bond donors (Lipinski definition) is 1. The Kier molecular flexibility index (Phi) is 4.73. The van der Waals surface area contributed by atoms with E-state index in [4.69, 9.17) is 4.74 Å². The number of rotatable bonds is 4. The first-order chi connectivity index (χ1) is 12.9. The van der Waals surface area contributed by atoms with E-state index in [0.29, 0.717) is 5.92 Å². The van der Waals surface area contributed by atoms with Gasteiger partial charge in [0.15, 0.2) is 0 Å². The van der Waals surface area contributed by atoms with Gasteiger partial charge in [0.1, 0.15) is 11.4 Å². The van der Waals surface area contributed by atoms with Gasteiger partial charge >= 0.3 is 0 Å². The summed E-state index contributed by atoms with van der Waals surface area (Å²) in [5.74, 6) is 1.77. The molecule has 1 aliphatic heterocycles. The minimum Gasteiger partial charge on any atom is -0.496 e. The average molecular weight is 367 g/mol. The fourth-order valence-electron chi connectivity index (χ4n) is 5.23. The van der Waals surface area contributed by atoms with Crippen molar-refractivity contribution in [2.24, 2.45) is 11.8 Å². The zero-order valence-electron chi connectivity index (χ0n) is 16.8. The number of pyridine rings is 1. The molecule has 0 bridgehead atoms. The minimum absolute atomic E-state index is 0.269. The van der Waals surface area contributed by atoms with Crippen LogP contribution in [0.25, 0.3) is 0 Å². The number of methoxy groups -OCH3 is 1. The zero-order valence-corrected chi connectivity index (χ0v) is 16.8. The van der Waals surface area contributed by atoms with E-state index in [1.807, 2.05) is 12.3 Å². The van der Waals surface area contributed by atoms with Crippen molar-refractivity contribution in [3.05, 3.63) is 58.4 Å². The molecular weight excluding hydrogens is 336 g/mol. The molecule has 2 heterocycles. The van der Waals surface area contributed by atoms with Gasteiger partial charge in [0.25, 0.3) is 0 Å². The van der Waals surface area contributed by atoms with Gasteiger partial charge in [-0.05, 0) is 73.9 Å². The molecule has 4 rings (SSSR count). The number of nitrogens with zero attached hydrogens (tertiary/aromatic N) is 2. The van der Waals surface area contributed by atoms with Crippen LogP contribution in [0.1, 0.15) is 40.8 Å². The van der Waals surface area contributed by atoms with Crippen LogP contribution in [0, 0.1) is 32.6 Å². The van der Waals surface area contributed by atoms with E-state index in [1.54, 1.807) is 7.11 Å². The smallest absolute Gasteiger partial charge is 0.122 e. The van der Waals surface area contributed by atoms with Gasteiger partial charge in [-0.25, -0.2) is 0 Å². The molecule has 0 spiro atoms. The fraction of sp³-hybridized carbons (Fsp3) is 0.522. The van der Waals surface area contributed by atoms with Crippen LogP contribution in [0.3, 0.4) is 0 Å². The van der Waals surface area contributed by atoms with Crippen molar-refractivity contribution in [3.8, 4) is 5.75 Å². The summed E-state index contributed by atoms with van der Waals surface area (Å²) < 4.78 is 5.45. The molecule has 0 unspecified atom stereocenters. The van der Waals surface area contributed by atoms with E-state index in [1.165, 1.54) is 16.7 Å². The van der Waals surface area contributed by atoms with Crippen LogP contribution in [0.2, 0.25) is 0 Å². The molecule has 144 valence electrons. The van der Waals surface area contributed by atoms with Crippen molar-refractivity contribution in [2.75, 3.05) is 20.2 Å². The summed E-state index contributed by atoms with van der Waals surface area (Å²) in [4.78, 5) is 7.07. The first kappa shape index (κ1) is 18.5. The monoisotopic (exact) mass is 366 g/mol. The van der Waals surface area contributed by atoms with E-state index < -0.39 is 5.60 Å². The van der Waals surface area contributed by atoms with Gasteiger partial charge < -0.3 is 9.84 Å². The summed E-state index contributed by atoms with van der Waals surface area (Å²) in [7, 11) is 1.73. The third kappa shape index (κ3) is 3.15. The SMILES string of the molecule is COc1cc(C)c(CN2C[C@@H]3CC[C@@](O)(c4ncccc4C)[C@@H]3C2)cc1C. The number of ether oxygens (including phenoxy) is 1. The third-order valence-corrected chi connectivity index (χ3v) is 6.69. The molecule has 27 heavy (non-hydrogen) atoms.